The van der Waals surface area contributed by atoms with E-state index in [0.29, 0.717) is 0 Å². The molecule has 4 nitrogen and oxygen atoms in total. The number of allylic oxidation sites excluding steroid dienone is 5. The molecule has 0 fully saturated rings. The third-order valence-electron chi connectivity index (χ3n) is 7.15. The van der Waals surface area contributed by atoms with Crippen molar-refractivity contribution in [2.24, 2.45) is 17.8 Å². The van der Waals surface area contributed by atoms with Crippen molar-refractivity contribution < 1.29 is 14.8 Å². The van der Waals surface area contributed by atoms with Gasteiger partial charge in [0.1, 0.15) is 5.78 Å². The van der Waals surface area contributed by atoms with Gasteiger partial charge in [-0.05, 0) is 99.3 Å². The third kappa shape index (κ3) is 11.4. The molecule has 220 valence electrons. The van der Waals surface area contributed by atoms with Crippen LogP contribution in [0.2, 0.25) is 0 Å². The number of amides is 1. The first-order chi connectivity index (χ1) is 19.7. The van der Waals surface area contributed by atoms with Crippen molar-refractivity contribution in [1.29, 1.82) is 0 Å². The van der Waals surface area contributed by atoms with Gasteiger partial charge in [0.25, 0.3) is 5.91 Å². The van der Waals surface area contributed by atoms with Crippen LogP contribution in [0.3, 0.4) is 0 Å². The molecule has 4 heteroatoms. The number of carbonyl (C=O) groups is 2. The molecule has 0 heterocycles. The van der Waals surface area contributed by atoms with Crippen molar-refractivity contribution in [3.8, 4) is 11.8 Å². The van der Waals surface area contributed by atoms with Gasteiger partial charge in [-0.2, -0.15) is 0 Å². The lowest BCUT2D eigenvalue weighted by molar-refractivity contribution is -0.138. The number of hydrogen-bond acceptors (Lipinski definition) is 3. The summed E-state index contributed by atoms with van der Waals surface area (Å²) < 4.78 is 0. The second-order valence-corrected chi connectivity index (χ2v) is 10.2. The molecular formula is C37H49NO3. The van der Waals surface area contributed by atoms with Crippen LogP contribution in [0.15, 0.2) is 78.4 Å². The Morgan fingerprint density at radius 2 is 1.49 bits per heavy atom. The van der Waals surface area contributed by atoms with E-state index in [1.807, 2.05) is 34.6 Å². The van der Waals surface area contributed by atoms with Crippen LogP contribution in [0, 0.1) is 29.6 Å². The zero-order valence-corrected chi connectivity index (χ0v) is 26.3. The van der Waals surface area contributed by atoms with Crippen LogP contribution in [0.4, 0.5) is 0 Å². The average Bonchev–Trinajstić information content (AvgIpc) is 3.42. The minimum atomic E-state index is -0.755. The molecule has 2 aromatic carbocycles. The zero-order valence-electron chi connectivity index (χ0n) is 26.3. The molecule has 0 aromatic heterocycles. The molecule has 0 saturated carbocycles. The summed E-state index contributed by atoms with van der Waals surface area (Å²) in [5.41, 5.74) is 10.5. The van der Waals surface area contributed by atoms with Crippen LogP contribution >= 0.6 is 0 Å². The largest absolute Gasteiger partial charge is 0.299 e. The van der Waals surface area contributed by atoms with E-state index >= 15 is 0 Å². The van der Waals surface area contributed by atoms with Gasteiger partial charge in [-0.25, -0.2) is 5.48 Å². The third-order valence-corrected chi connectivity index (χ3v) is 7.15. The van der Waals surface area contributed by atoms with Crippen LogP contribution in [-0.4, -0.2) is 16.9 Å². The number of Topliss-reactive ketones (excluding diaryl/α,β-unsaturated/α-hetero) is 1. The van der Waals surface area contributed by atoms with Crippen molar-refractivity contribution in [3.63, 3.8) is 0 Å². The van der Waals surface area contributed by atoms with E-state index in [4.69, 9.17) is 5.21 Å². The fourth-order valence-electron chi connectivity index (χ4n) is 4.67. The summed E-state index contributed by atoms with van der Waals surface area (Å²) >= 11 is 0. The van der Waals surface area contributed by atoms with Crippen molar-refractivity contribution in [2.45, 2.75) is 81.1 Å². The molecular weight excluding hydrogens is 506 g/mol. The Morgan fingerprint density at radius 1 is 0.951 bits per heavy atom. The number of hydroxylamine groups is 1. The molecule has 2 aliphatic rings. The van der Waals surface area contributed by atoms with E-state index in [9.17, 15) is 9.59 Å². The number of ketones is 1. The summed E-state index contributed by atoms with van der Waals surface area (Å²) in [4.78, 5) is 20.7. The zero-order chi connectivity index (χ0) is 30.9. The van der Waals surface area contributed by atoms with Gasteiger partial charge in [0.05, 0.1) is 5.92 Å². The topological polar surface area (TPSA) is 66.4 Å². The molecule has 0 saturated heterocycles. The normalized spacial score (nSPS) is 17.0. The summed E-state index contributed by atoms with van der Waals surface area (Å²) in [5, 5.41) is 8.00. The molecule has 2 aliphatic carbocycles. The first-order valence-electron chi connectivity index (χ1n) is 14.9. The molecule has 1 amide bonds. The molecule has 0 radical (unpaired) electrons. The first kappa shape index (κ1) is 35.3. The average molecular weight is 556 g/mol. The maximum Gasteiger partial charge on any atom is 0.253 e. The Morgan fingerprint density at radius 3 is 1.93 bits per heavy atom. The lowest BCUT2D eigenvalue weighted by Crippen LogP contribution is -2.29. The second-order valence-electron chi connectivity index (χ2n) is 10.2. The minimum Gasteiger partial charge on any atom is -0.299 e. The summed E-state index contributed by atoms with van der Waals surface area (Å²) in [5.74, 6) is 6.38. The van der Waals surface area contributed by atoms with E-state index in [1.165, 1.54) is 56.1 Å². The van der Waals surface area contributed by atoms with Crippen LogP contribution in [0.1, 0.15) is 96.9 Å². The highest BCUT2D eigenvalue weighted by molar-refractivity contribution is 5.99. The van der Waals surface area contributed by atoms with Gasteiger partial charge in [0.15, 0.2) is 0 Å². The molecule has 2 aromatic rings. The van der Waals surface area contributed by atoms with Crippen molar-refractivity contribution in [3.05, 3.63) is 101 Å². The molecule has 2 N–H and O–H groups in total. The lowest BCUT2D eigenvalue weighted by Gasteiger charge is -2.16. The summed E-state index contributed by atoms with van der Waals surface area (Å²) in [7, 11) is 0. The van der Waals surface area contributed by atoms with Crippen molar-refractivity contribution in [1.82, 2.24) is 5.48 Å². The smallest absolute Gasteiger partial charge is 0.253 e. The molecule has 0 bridgehead atoms. The van der Waals surface area contributed by atoms with Gasteiger partial charge < -0.3 is 0 Å². The predicted octanol–water partition coefficient (Wildman–Crippen LogP) is 8.73. The van der Waals surface area contributed by atoms with E-state index < -0.39 is 11.8 Å². The van der Waals surface area contributed by atoms with Crippen LogP contribution in [0.25, 0.3) is 5.57 Å². The predicted molar refractivity (Wildman–Crippen MR) is 172 cm³/mol. The highest BCUT2D eigenvalue weighted by atomic mass is 16.5. The number of carbonyl (C=O) groups excluding carboxylic acids is 2. The highest BCUT2D eigenvalue weighted by Gasteiger charge is 2.27. The van der Waals surface area contributed by atoms with E-state index in [1.54, 1.807) is 11.1 Å². The number of benzene rings is 2. The summed E-state index contributed by atoms with van der Waals surface area (Å²) in [6.45, 7) is 19.1. The Balaban J connectivity index is 0.000000551. The van der Waals surface area contributed by atoms with Gasteiger partial charge in [0.2, 0.25) is 0 Å². The maximum absolute atomic E-state index is 10.4. The van der Waals surface area contributed by atoms with Crippen LogP contribution in [0.5, 0.6) is 0 Å². The van der Waals surface area contributed by atoms with E-state index in [-0.39, 0.29) is 5.78 Å². The van der Waals surface area contributed by atoms with Gasteiger partial charge >= 0.3 is 0 Å². The Hall–Kier alpha value is -3.68. The SMILES string of the molecule is C=C(C)c1ccc(C#Cc2ccc(CC3CC4=C(C3)C(C)CC=C4)cc2)cc1.CC.CC.CC(=O)C(C)C(=O)NO. The van der Waals surface area contributed by atoms with Gasteiger partial charge in [-0.1, -0.05) is 101 Å². The minimum absolute atomic E-state index is 0.262. The molecule has 0 spiro atoms. The quantitative estimate of drug-likeness (QED) is 0.168. The Bertz CT molecular complexity index is 1250. The summed E-state index contributed by atoms with van der Waals surface area (Å²) in [6.07, 6.45) is 9.64. The van der Waals surface area contributed by atoms with E-state index in [2.05, 4.69) is 86.0 Å². The standard InChI is InChI=1S/C28H28.C5H9NO3.2C2H6/c1-20(2)26-15-13-23(14-16-26)8-7-22-9-11-24(12-10-22)17-25-18-27-6-4-5-21(3)28(27)19-25;1-3(4(2)7)5(8)6-9;2*1-2/h4,6,9-16,21,25H,1,5,17-19H2,2-3H3;3,9H,1-2H3,(H,6,8);2*1-2H3. The van der Waals surface area contributed by atoms with Crippen LogP contribution in [-0.2, 0) is 16.0 Å². The highest BCUT2D eigenvalue weighted by Crippen LogP contribution is 2.41. The Labute approximate surface area is 248 Å². The van der Waals surface area contributed by atoms with E-state index in [0.717, 1.165) is 28.5 Å². The van der Waals surface area contributed by atoms with Crippen LogP contribution < -0.4 is 5.48 Å². The number of rotatable bonds is 5. The second kappa shape index (κ2) is 18.6. The maximum atomic E-state index is 10.4. The number of nitrogens with one attached hydrogen (secondary N) is 1. The lowest BCUT2D eigenvalue weighted by atomic mass is 9.89. The Kier molecular flexibility index (Phi) is 16.1. The number of hydrogen-bond donors (Lipinski definition) is 2. The molecule has 4 rings (SSSR count). The molecule has 3 unspecified atom stereocenters. The molecule has 41 heavy (non-hydrogen) atoms. The summed E-state index contributed by atoms with van der Waals surface area (Å²) in [6, 6.07) is 17.1. The van der Waals surface area contributed by atoms with Crippen molar-refractivity contribution in [2.75, 3.05) is 0 Å². The van der Waals surface area contributed by atoms with Gasteiger partial charge in [0, 0.05) is 11.1 Å². The molecule has 3 atom stereocenters. The van der Waals surface area contributed by atoms with Gasteiger partial charge in [-0.3, -0.25) is 14.8 Å². The monoisotopic (exact) mass is 555 g/mol. The fraction of sp³-hybridized carbons (Fsp3) is 0.405. The fourth-order valence-corrected chi connectivity index (χ4v) is 4.67. The first-order valence-corrected chi connectivity index (χ1v) is 14.9. The van der Waals surface area contributed by atoms with Crippen molar-refractivity contribution >= 4 is 17.3 Å². The molecule has 0 aliphatic heterocycles. The van der Waals surface area contributed by atoms with Gasteiger partial charge in [-0.15, -0.1) is 0 Å².